The molecular weight excluding hydrogens is 707 g/mol. The Labute approximate surface area is 334 Å². The molecular formula is C55H33NO2. The summed E-state index contributed by atoms with van der Waals surface area (Å²) in [6.45, 7) is 0. The summed E-state index contributed by atoms with van der Waals surface area (Å²) < 4.78 is 13.2. The zero-order valence-corrected chi connectivity index (χ0v) is 31.3. The molecule has 0 aliphatic heterocycles. The number of hydrogen-bond donors (Lipinski definition) is 0. The fourth-order valence-corrected chi connectivity index (χ4v) is 10.3. The maximum atomic E-state index is 6.84. The van der Waals surface area contributed by atoms with E-state index < -0.39 is 5.41 Å². The first-order valence-electron chi connectivity index (χ1n) is 19.9. The van der Waals surface area contributed by atoms with Crippen molar-refractivity contribution < 1.29 is 8.83 Å². The highest BCUT2D eigenvalue weighted by atomic mass is 16.3. The van der Waals surface area contributed by atoms with Gasteiger partial charge in [0.2, 0.25) is 0 Å². The van der Waals surface area contributed by atoms with Crippen molar-refractivity contribution in [1.82, 2.24) is 0 Å². The van der Waals surface area contributed by atoms with E-state index in [4.69, 9.17) is 8.83 Å². The molecule has 13 rings (SSSR count). The van der Waals surface area contributed by atoms with Crippen molar-refractivity contribution in [2.75, 3.05) is 4.90 Å². The van der Waals surface area contributed by atoms with Crippen LogP contribution in [0.1, 0.15) is 22.3 Å². The van der Waals surface area contributed by atoms with Crippen molar-refractivity contribution >= 4 is 60.9 Å². The van der Waals surface area contributed by atoms with Crippen LogP contribution in [0.2, 0.25) is 0 Å². The lowest BCUT2D eigenvalue weighted by Crippen LogP contribution is -2.28. The molecule has 0 N–H and O–H groups in total. The second-order valence-electron chi connectivity index (χ2n) is 15.5. The second-order valence-corrected chi connectivity index (χ2v) is 15.5. The smallest absolute Gasteiger partial charge is 0.143 e. The maximum Gasteiger partial charge on any atom is 0.143 e. The Bertz CT molecular complexity index is 3460. The molecule has 2 aliphatic carbocycles. The minimum atomic E-state index is -0.615. The van der Waals surface area contributed by atoms with E-state index in [1.807, 2.05) is 12.1 Å². The van der Waals surface area contributed by atoms with Crippen LogP contribution in [0.4, 0.5) is 17.1 Å². The summed E-state index contributed by atoms with van der Waals surface area (Å²) in [6.07, 6.45) is 0. The van der Waals surface area contributed by atoms with Crippen molar-refractivity contribution in [2.24, 2.45) is 0 Å². The Hall–Kier alpha value is -7.62. The van der Waals surface area contributed by atoms with Gasteiger partial charge in [0, 0.05) is 44.0 Å². The van der Waals surface area contributed by atoms with E-state index in [1.54, 1.807) is 0 Å². The topological polar surface area (TPSA) is 29.5 Å². The van der Waals surface area contributed by atoms with E-state index in [9.17, 15) is 0 Å². The van der Waals surface area contributed by atoms with Gasteiger partial charge >= 0.3 is 0 Å². The number of rotatable bonds is 4. The summed E-state index contributed by atoms with van der Waals surface area (Å²) in [5, 5.41) is 4.48. The number of furan rings is 2. The summed E-state index contributed by atoms with van der Waals surface area (Å²) >= 11 is 0. The zero-order chi connectivity index (χ0) is 38.0. The van der Waals surface area contributed by atoms with E-state index in [0.29, 0.717) is 0 Å². The van der Waals surface area contributed by atoms with Crippen LogP contribution in [0.25, 0.3) is 77.3 Å². The first kappa shape index (κ1) is 31.6. The third-order valence-corrected chi connectivity index (χ3v) is 12.7. The largest absolute Gasteiger partial charge is 0.456 e. The summed E-state index contributed by atoms with van der Waals surface area (Å²) in [7, 11) is 0. The molecule has 58 heavy (non-hydrogen) atoms. The minimum Gasteiger partial charge on any atom is -0.456 e. The Morgan fingerprint density at radius 2 is 0.966 bits per heavy atom. The maximum absolute atomic E-state index is 6.84. The van der Waals surface area contributed by atoms with Gasteiger partial charge in [-0.3, -0.25) is 0 Å². The number of anilines is 3. The van der Waals surface area contributed by atoms with E-state index in [-0.39, 0.29) is 0 Å². The molecule has 0 saturated heterocycles. The Morgan fingerprint density at radius 1 is 0.362 bits per heavy atom. The predicted octanol–water partition coefficient (Wildman–Crippen LogP) is 15.0. The van der Waals surface area contributed by atoms with Crippen LogP contribution in [0.5, 0.6) is 0 Å². The monoisotopic (exact) mass is 739 g/mol. The SMILES string of the molecule is c1ccc(-c2ccc(N(c3ccc4oc5ccccc5c4c3)c3cccc4c3C3(c5ccccc5-4)c4ccccc4-c4c3ccc3c4oc4ccccc43)cc2)cc1. The molecule has 0 bridgehead atoms. The summed E-state index contributed by atoms with van der Waals surface area (Å²) in [6, 6.07) is 72.5. The van der Waals surface area contributed by atoms with Crippen LogP contribution >= 0.6 is 0 Å². The average molecular weight is 740 g/mol. The molecule has 1 atom stereocenters. The quantitative estimate of drug-likeness (QED) is 0.180. The first-order valence-corrected chi connectivity index (χ1v) is 19.9. The highest BCUT2D eigenvalue weighted by Gasteiger charge is 2.54. The lowest BCUT2D eigenvalue weighted by molar-refractivity contribution is 0.668. The van der Waals surface area contributed by atoms with Gasteiger partial charge < -0.3 is 13.7 Å². The van der Waals surface area contributed by atoms with Gasteiger partial charge in [0.05, 0.1) is 11.1 Å². The summed E-state index contributed by atoms with van der Waals surface area (Å²) in [4.78, 5) is 2.46. The molecule has 0 fully saturated rings. The lowest BCUT2D eigenvalue weighted by atomic mass is 9.70. The predicted molar refractivity (Wildman–Crippen MR) is 237 cm³/mol. The van der Waals surface area contributed by atoms with Crippen molar-refractivity contribution in [2.45, 2.75) is 5.41 Å². The van der Waals surface area contributed by atoms with Crippen LogP contribution in [0.3, 0.4) is 0 Å². The molecule has 11 aromatic rings. The second kappa shape index (κ2) is 11.7. The third kappa shape index (κ3) is 4.12. The van der Waals surface area contributed by atoms with E-state index >= 15 is 0 Å². The molecule has 3 heteroatoms. The van der Waals surface area contributed by atoms with Gasteiger partial charge in [-0.05, 0) is 93.0 Å². The highest BCUT2D eigenvalue weighted by Crippen LogP contribution is 2.66. The first-order chi connectivity index (χ1) is 28.8. The number of hydrogen-bond acceptors (Lipinski definition) is 3. The standard InChI is InChI=1S/C55H33NO2/c1-2-13-34(14-3-1)35-25-27-36(28-26-35)56(37-29-32-51-44(33-37)40-17-7-10-23-49(40)57-51)48-22-12-19-41-38-15-4-8-20-45(38)55(53(41)48)46-21-9-5-18-43(46)52-47(55)31-30-42-39-16-6-11-24-50(39)58-54(42)52/h1-33H. The average Bonchev–Trinajstić information content (AvgIpc) is 4.02. The number of fused-ring (bicyclic) bond motifs is 17. The van der Waals surface area contributed by atoms with Crippen molar-refractivity contribution in [1.29, 1.82) is 0 Å². The number of para-hydroxylation sites is 2. The van der Waals surface area contributed by atoms with E-state index in [0.717, 1.165) is 60.9 Å². The molecule has 0 saturated carbocycles. The molecule has 1 unspecified atom stereocenters. The number of nitrogens with zero attached hydrogens (tertiary/aromatic N) is 1. The van der Waals surface area contributed by atoms with Crippen LogP contribution in [0.15, 0.2) is 209 Å². The fraction of sp³-hybridized carbons (Fsp3) is 0.0182. The van der Waals surface area contributed by atoms with Crippen molar-refractivity contribution in [3.8, 4) is 33.4 Å². The Morgan fingerprint density at radius 3 is 1.78 bits per heavy atom. The van der Waals surface area contributed by atoms with Crippen molar-refractivity contribution in [3.63, 3.8) is 0 Å². The van der Waals surface area contributed by atoms with Crippen LogP contribution in [-0.4, -0.2) is 0 Å². The minimum absolute atomic E-state index is 0.615. The summed E-state index contributed by atoms with van der Waals surface area (Å²) in [5.41, 5.74) is 18.6. The molecule has 2 aromatic heterocycles. The number of benzene rings is 9. The van der Waals surface area contributed by atoms with Crippen LogP contribution in [-0.2, 0) is 5.41 Å². The molecule has 2 aliphatic rings. The van der Waals surface area contributed by atoms with E-state index in [1.165, 1.54) is 55.6 Å². The Balaban J connectivity index is 1.13. The summed E-state index contributed by atoms with van der Waals surface area (Å²) in [5.74, 6) is 0. The molecule has 270 valence electrons. The fourth-order valence-electron chi connectivity index (χ4n) is 10.3. The van der Waals surface area contributed by atoms with E-state index in [2.05, 4.69) is 193 Å². The Kier molecular flexibility index (Phi) is 6.37. The van der Waals surface area contributed by atoms with Gasteiger partial charge in [0.1, 0.15) is 22.3 Å². The van der Waals surface area contributed by atoms with Gasteiger partial charge in [0.25, 0.3) is 0 Å². The molecule has 1 spiro atoms. The van der Waals surface area contributed by atoms with Gasteiger partial charge in [-0.15, -0.1) is 0 Å². The van der Waals surface area contributed by atoms with Crippen molar-refractivity contribution in [3.05, 3.63) is 222 Å². The normalized spacial score (nSPS) is 15.0. The molecule has 2 heterocycles. The van der Waals surface area contributed by atoms with Gasteiger partial charge in [-0.2, -0.15) is 0 Å². The molecule has 3 nitrogen and oxygen atoms in total. The molecule has 9 aromatic carbocycles. The lowest BCUT2D eigenvalue weighted by Gasteiger charge is -2.35. The molecule has 0 amide bonds. The highest BCUT2D eigenvalue weighted by molar-refractivity contribution is 6.14. The molecule has 0 radical (unpaired) electrons. The zero-order valence-electron chi connectivity index (χ0n) is 31.3. The van der Waals surface area contributed by atoms with Gasteiger partial charge in [-0.25, -0.2) is 0 Å². The van der Waals surface area contributed by atoms with Gasteiger partial charge in [-0.1, -0.05) is 152 Å². The van der Waals surface area contributed by atoms with Crippen LogP contribution < -0.4 is 4.90 Å². The van der Waals surface area contributed by atoms with Gasteiger partial charge in [0.15, 0.2) is 0 Å². The third-order valence-electron chi connectivity index (χ3n) is 12.7. The van der Waals surface area contributed by atoms with Crippen LogP contribution in [0, 0.1) is 0 Å².